The third-order valence-corrected chi connectivity index (χ3v) is 4.76. The molecule has 4 heteroatoms. The highest BCUT2D eigenvalue weighted by Gasteiger charge is 2.30. The molecule has 0 spiro atoms. The van der Waals surface area contributed by atoms with E-state index in [-0.39, 0.29) is 5.91 Å². The standard InChI is InChI=1S/C16H21BrN2O/c17-14-3-1-2-12(8-14)13-9-15(10-13)18-6-7-19-16(20)11-4-5-11/h1-3,8,11,13,15,18H,4-7,9-10H2,(H,19,20). The van der Waals surface area contributed by atoms with Crippen molar-refractivity contribution < 1.29 is 4.79 Å². The van der Waals surface area contributed by atoms with Gasteiger partial charge in [0, 0.05) is 29.5 Å². The van der Waals surface area contributed by atoms with E-state index in [1.165, 1.54) is 18.4 Å². The predicted octanol–water partition coefficient (Wildman–Crippen LogP) is 2.81. The molecular weight excluding hydrogens is 316 g/mol. The van der Waals surface area contributed by atoms with Gasteiger partial charge >= 0.3 is 0 Å². The molecule has 3 rings (SSSR count). The van der Waals surface area contributed by atoms with Gasteiger partial charge in [-0.05, 0) is 49.3 Å². The topological polar surface area (TPSA) is 41.1 Å². The quantitative estimate of drug-likeness (QED) is 0.784. The fourth-order valence-corrected chi connectivity index (χ4v) is 3.19. The van der Waals surface area contributed by atoms with Gasteiger partial charge in [0.1, 0.15) is 0 Å². The maximum atomic E-state index is 11.5. The van der Waals surface area contributed by atoms with E-state index in [0.717, 1.165) is 30.4 Å². The van der Waals surface area contributed by atoms with Crippen LogP contribution in [0.1, 0.15) is 37.2 Å². The molecule has 2 fully saturated rings. The first-order chi connectivity index (χ1) is 9.72. The molecule has 1 amide bonds. The lowest BCUT2D eigenvalue weighted by Gasteiger charge is -2.36. The summed E-state index contributed by atoms with van der Waals surface area (Å²) in [7, 11) is 0. The van der Waals surface area contributed by atoms with Crippen molar-refractivity contribution in [2.45, 2.75) is 37.6 Å². The minimum atomic E-state index is 0.243. The summed E-state index contributed by atoms with van der Waals surface area (Å²) in [6.07, 6.45) is 4.56. The Hall–Kier alpha value is -0.870. The minimum Gasteiger partial charge on any atom is -0.355 e. The van der Waals surface area contributed by atoms with Crippen molar-refractivity contribution in [3.05, 3.63) is 34.3 Å². The van der Waals surface area contributed by atoms with E-state index in [2.05, 4.69) is 50.8 Å². The molecule has 2 N–H and O–H groups in total. The molecule has 1 aromatic rings. The van der Waals surface area contributed by atoms with Gasteiger partial charge in [-0.1, -0.05) is 28.1 Å². The zero-order valence-electron chi connectivity index (χ0n) is 11.6. The van der Waals surface area contributed by atoms with Crippen molar-refractivity contribution in [1.82, 2.24) is 10.6 Å². The molecule has 0 heterocycles. The third kappa shape index (κ3) is 3.61. The summed E-state index contributed by atoms with van der Waals surface area (Å²) >= 11 is 3.52. The Labute approximate surface area is 128 Å². The fourth-order valence-electron chi connectivity index (χ4n) is 2.77. The van der Waals surface area contributed by atoms with Crippen molar-refractivity contribution in [3.8, 4) is 0 Å². The normalized spacial score (nSPS) is 25.1. The van der Waals surface area contributed by atoms with Crippen LogP contribution in [0.2, 0.25) is 0 Å². The lowest BCUT2D eigenvalue weighted by Crippen LogP contribution is -2.43. The molecule has 0 aliphatic heterocycles. The van der Waals surface area contributed by atoms with Crippen LogP contribution in [0.15, 0.2) is 28.7 Å². The summed E-state index contributed by atoms with van der Waals surface area (Å²) in [6, 6.07) is 9.21. The van der Waals surface area contributed by atoms with E-state index in [9.17, 15) is 4.79 Å². The van der Waals surface area contributed by atoms with Crippen molar-refractivity contribution >= 4 is 21.8 Å². The minimum absolute atomic E-state index is 0.243. The second kappa shape index (κ2) is 6.27. The molecule has 0 saturated heterocycles. The second-order valence-electron chi connectivity index (χ2n) is 5.94. The van der Waals surface area contributed by atoms with E-state index < -0.39 is 0 Å². The molecule has 0 radical (unpaired) electrons. The zero-order chi connectivity index (χ0) is 13.9. The maximum absolute atomic E-state index is 11.5. The number of carbonyl (C=O) groups is 1. The van der Waals surface area contributed by atoms with Gasteiger partial charge in [0.05, 0.1) is 0 Å². The second-order valence-corrected chi connectivity index (χ2v) is 6.86. The van der Waals surface area contributed by atoms with E-state index in [1.54, 1.807) is 0 Å². The number of benzene rings is 1. The summed E-state index contributed by atoms with van der Waals surface area (Å²) in [5, 5.41) is 6.51. The fraction of sp³-hybridized carbons (Fsp3) is 0.562. The largest absolute Gasteiger partial charge is 0.355 e. The molecular formula is C16H21BrN2O. The van der Waals surface area contributed by atoms with Crippen molar-refractivity contribution in [1.29, 1.82) is 0 Å². The number of rotatable bonds is 6. The van der Waals surface area contributed by atoms with Crippen LogP contribution in [0.4, 0.5) is 0 Å². The molecule has 2 saturated carbocycles. The summed E-state index contributed by atoms with van der Waals surface area (Å²) < 4.78 is 1.16. The summed E-state index contributed by atoms with van der Waals surface area (Å²) in [4.78, 5) is 11.5. The van der Waals surface area contributed by atoms with Gasteiger partial charge in [-0.3, -0.25) is 4.79 Å². The van der Waals surface area contributed by atoms with Gasteiger partial charge in [-0.25, -0.2) is 0 Å². The van der Waals surface area contributed by atoms with Crippen LogP contribution in [-0.2, 0) is 4.79 Å². The summed E-state index contributed by atoms with van der Waals surface area (Å²) in [6.45, 7) is 1.64. The van der Waals surface area contributed by atoms with Crippen molar-refractivity contribution in [3.63, 3.8) is 0 Å². The lowest BCUT2D eigenvalue weighted by molar-refractivity contribution is -0.122. The highest BCUT2D eigenvalue weighted by atomic mass is 79.9. The van der Waals surface area contributed by atoms with Gasteiger partial charge in [-0.15, -0.1) is 0 Å². The summed E-state index contributed by atoms with van der Waals surface area (Å²) in [5.74, 6) is 1.25. The Balaban J connectivity index is 1.31. The molecule has 3 nitrogen and oxygen atoms in total. The Morgan fingerprint density at radius 3 is 2.75 bits per heavy atom. The first kappa shape index (κ1) is 14.1. The molecule has 0 unspecified atom stereocenters. The Morgan fingerprint density at radius 1 is 1.25 bits per heavy atom. The van der Waals surface area contributed by atoms with Gasteiger partial charge in [0.15, 0.2) is 0 Å². The Kier molecular flexibility index (Phi) is 4.41. The lowest BCUT2D eigenvalue weighted by atomic mass is 9.76. The van der Waals surface area contributed by atoms with E-state index in [0.29, 0.717) is 17.9 Å². The number of carbonyl (C=O) groups excluding carboxylic acids is 1. The van der Waals surface area contributed by atoms with Crippen LogP contribution >= 0.6 is 15.9 Å². The average molecular weight is 337 g/mol. The predicted molar refractivity (Wildman–Crippen MR) is 83.6 cm³/mol. The van der Waals surface area contributed by atoms with E-state index in [1.807, 2.05) is 0 Å². The molecule has 2 aliphatic rings. The van der Waals surface area contributed by atoms with Gasteiger partial charge in [-0.2, -0.15) is 0 Å². The molecule has 2 aliphatic carbocycles. The molecule has 108 valence electrons. The van der Waals surface area contributed by atoms with Crippen LogP contribution < -0.4 is 10.6 Å². The zero-order valence-corrected chi connectivity index (χ0v) is 13.2. The van der Waals surface area contributed by atoms with Gasteiger partial charge < -0.3 is 10.6 Å². The molecule has 0 atom stereocenters. The maximum Gasteiger partial charge on any atom is 0.223 e. The van der Waals surface area contributed by atoms with Gasteiger partial charge in [0.25, 0.3) is 0 Å². The molecule has 0 aromatic heterocycles. The van der Waals surface area contributed by atoms with Crippen LogP contribution in [0.3, 0.4) is 0 Å². The number of hydrogen-bond acceptors (Lipinski definition) is 2. The van der Waals surface area contributed by atoms with Crippen molar-refractivity contribution in [2.24, 2.45) is 5.92 Å². The Morgan fingerprint density at radius 2 is 2.05 bits per heavy atom. The molecule has 0 bridgehead atoms. The SMILES string of the molecule is O=C(NCCNC1CC(c2cccc(Br)c2)C1)C1CC1. The molecule has 1 aromatic carbocycles. The van der Waals surface area contributed by atoms with E-state index >= 15 is 0 Å². The van der Waals surface area contributed by atoms with Crippen molar-refractivity contribution in [2.75, 3.05) is 13.1 Å². The number of nitrogens with one attached hydrogen (secondary N) is 2. The summed E-state index contributed by atoms with van der Waals surface area (Å²) in [5.41, 5.74) is 1.43. The van der Waals surface area contributed by atoms with Crippen LogP contribution in [0, 0.1) is 5.92 Å². The van der Waals surface area contributed by atoms with Crippen LogP contribution in [0.25, 0.3) is 0 Å². The van der Waals surface area contributed by atoms with E-state index in [4.69, 9.17) is 0 Å². The molecule has 20 heavy (non-hydrogen) atoms. The first-order valence-electron chi connectivity index (χ1n) is 7.49. The smallest absolute Gasteiger partial charge is 0.223 e. The van der Waals surface area contributed by atoms with Crippen LogP contribution in [-0.4, -0.2) is 25.0 Å². The van der Waals surface area contributed by atoms with Crippen LogP contribution in [0.5, 0.6) is 0 Å². The Bertz CT molecular complexity index is 481. The van der Waals surface area contributed by atoms with Gasteiger partial charge in [0.2, 0.25) is 5.91 Å². The highest BCUT2D eigenvalue weighted by molar-refractivity contribution is 9.10. The number of hydrogen-bond donors (Lipinski definition) is 2. The highest BCUT2D eigenvalue weighted by Crippen LogP contribution is 2.37. The third-order valence-electron chi connectivity index (χ3n) is 4.26. The number of halogens is 1. The average Bonchev–Trinajstić information content (AvgIpc) is 3.20. The number of amides is 1. The monoisotopic (exact) mass is 336 g/mol. The first-order valence-corrected chi connectivity index (χ1v) is 8.28.